The van der Waals surface area contributed by atoms with Gasteiger partial charge in [-0.1, -0.05) is 26.7 Å². The Labute approximate surface area is 76.1 Å². The van der Waals surface area contributed by atoms with Crippen molar-refractivity contribution in [3.8, 4) is 0 Å². The van der Waals surface area contributed by atoms with Gasteiger partial charge in [0, 0.05) is 19.1 Å². The van der Waals surface area contributed by atoms with Gasteiger partial charge in [-0.15, -0.1) is 0 Å². The average Bonchev–Trinajstić information content (AvgIpc) is 2.61. The van der Waals surface area contributed by atoms with Gasteiger partial charge < -0.3 is 0 Å². The lowest BCUT2D eigenvalue weighted by Gasteiger charge is -2.23. The van der Waals surface area contributed by atoms with E-state index in [-0.39, 0.29) is 0 Å². The van der Waals surface area contributed by atoms with E-state index in [1.54, 1.807) is 0 Å². The summed E-state index contributed by atoms with van der Waals surface area (Å²) in [7, 11) is 0. The first-order chi connectivity index (χ1) is 5.77. The number of rotatable bonds is 1. The largest absolute Gasteiger partial charge is 0.300 e. The summed E-state index contributed by atoms with van der Waals surface area (Å²) in [5, 5.41) is 0. The normalized spacial score (nSPS) is 39.5. The third-order valence-electron chi connectivity index (χ3n) is 3.86. The third-order valence-corrected chi connectivity index (χ3v) is 3.86. The molecule has 0 unspecified atom stereocenters. The Morgan fingerprint density at radius 2 is 1.42 bits per heavy atom. The number of hydrogen-bond acceptors (Lipinski definition) is 1. The molecule has 1 saturated heterocycles. The van der Waals surface area contributed by atoms with Crippen molar-refractivity contribution in [3.05, 3.63) is 0 Å². The molecule has 2 rings (SSSR count). The molecule has 1 heterocycles. The number of nitrogens with zero attached hydrogens (tertiary/aromatic N) is 1. The molecule has 0 bridgehead atoms. The van der Waals surface area contributed by atoms with E-state index in [1.807, 2.05) is 0 Å². The van der Waals surface area contributed by atoms with Crippen molar-refractivity contribution in [2.75, 3.05) is 13.1 Å². The highest BCUT2D eigenvalue weighted by Gasteiger charge is 2.31. The molecule has 0 aromatic rings. The van der Waals surface area contributed by atoms with Crippen LogP contribution < -0.4 is 0 Å². The molecule has 1 aliphatic heterocycles. The number of likely N-dealkylation sites (tertiary alicyclic amines) is 1. The van der Waals surface area contributed by atoms with Gasteiger partial charge in [0.15, 0.2) is 0 Å². The first kappa shape index (κ1) is 8.55. The summed E-state index contributed by atoms with van der Waals surface area (Å²) in [6.45, 7) is 7.54. The lowest BCUT2D eigenvalue weighted by molar-refractivity contribution is 0.236. The van der Waals surface area contributed by atoms with Gasteiger partial charge >= 0.3 is 0 Å². The summed E-state index contributed by atoms with van der Waals surface area (Å²) >= 11 is 0. The highest BCUT2D eigenvalue weighted by molar-refractivity contribution is 4.85. The SMILES string of the molecule is C[C@@H]1CN(C2CCCC2)C[C@H]1C. The lowest BCUT2D eigenvalue weighted by Crippen LogP contribution is -2.31. The highest BCUT2D eigenvalue weighted by Crippen LogP contribution is 2.30. The van der Waals surface area contributed by atoms with Crippen LogP contribution in [0.3, 0.4) is 0 Å². The minimum Gasteiger partial charge on any atom is -0.300 e. The molecule has 1 heteroatoms. The van der Waals surface area contributed by atoms with Gasteiger partial charge in [-0.25, -0.2) is 0 Å². The van der Waals surface area contributed by atoms with Gasteiger partial charge in [-0.3, -0.25) is 4.90 Å². The van der Waals surface area contributed by atoms with Crippen molar-refractivity contribution in [2.24, 2.45) is 11.8 Å². The monoisotopic (exact) mass is 167 g/mol. The van der Waals surface area contributed by atoms with Crippen molar-refractivity contribution in [1.29, 1.82) is 0 Å². The Kier molecular flexibility index (Phi) is 2.40. The second-order valence-electron chi connectivity index (χ2n) is 4.85. The molecule has 70 valence electrons. The minimum atomic E-state index is 0.936. The van der Waals surface area contributed by atoms with Crippen LogP contribution in [0, 0.1) is 11.8 Å². The Bertz CT molecular complexity index is 139. The maximum absolute atomic E-state index is 2.74. The summed E-state index contributed by atoms with van der Waals surface area (Å²) in [5.41, 5.74) is 0. The van der Waals surface area contributed by atoms with E-state index in [9.17, 15) is 0 Å². The van der Waals surface area contributed by atoms with Gasteiger partial charge in [0.1, 0.15) is 0 Å². The fourth-order valence-electron chi connectivity index (χ4n) is 2.74. The molecule has 1 saturated carbocycles. The molecule has 0 N–H and O–H groups in total. The van der Waals surface area contributed by atoms with Gasteiger partial charge in [0.05, 0.1) is 0 Å². The summed E-state index contributed by atoms with van der Waals surface area (Å²) < 4.78 is 0. The fraction of sp³-hybridized carbons (Fsp3) is 1.00. The topological polar surface area (TPSA) is 3.24 Å². The molecule has 1 aliphatic carbocycles. The highest BCUT2D eigenvalue weighted by atomic mass is 15.2. The van der Waals surface area contributed by atoms with Crippen LogP contribution in [-0.4, -0.2) is 24.0 Å². The molecular formula is C11H21N. The molecule has 12 heavy (non-hydrogen) atoms. The summed E-state index contributed by atoms with van der Waals surface area (Å²) in [5.74, 6) is 1.87. The Morgan fingerprint density at radius 1 is 0.917 bits per heavy atom. The van der Waals surface area contributed by atoms with Crippen LogP contribution >= 0.6 is 0 Å². The molecule has 0 radical (unpaired) electrons. The quantitative estimate of drug-likeness (QED) is 0.580. The van der Waals surface area contributed by atoms with Crippen LogP contribution in [0.15, 0.2) is 0 Å². The molecule has 0 aromatic carbocycles. The summed E-state index contributed by atoms with van der Waals surface area (Å²) in [4.78, 5) is 2.74. The van der Waals surface area contributed by atoms with Crippen LogP contribution in [-0.2, 0) is 0 Å². The molecule has 1 nitrogen and oxygen atoms in total. The van der Waals surface area contributed by atoms with Crippen LogP contribution in [0.4, 0.5) is 0 Å². The van der Waals surface area contributed by atoms with E-state index in [0.717, 1.165) is 17.9 Å². The molecule has 0 amide bonds. The van der Waals surface area contributed by atoms with E-state index in [1.165, 1.54) is 38.8 Å². The van der Waals surface area contributed by atoms with Crippen molar-refractivity contribution >= 4 is 0 Å². The summed E-state index contributed by atoms with van der Waals surface area (Å²) in [6.07, 6.45) is 5.90. The molecule has 2 aliphatic rings. The maximum Gasteiger partial charge on any atom is 0.00954 e. The molecule has 0 aromatic heterocycles. The Morgan fingerprint density at radius 3 is 1.92 bits per heavy atom. The van der Waals surface area contributed by atoms with Crippen molar-refractivity contribution in [1.82, 2.24) is 4.90 Å². The fourth-order valence-corrected chi connectivity index (χ4v) is 2.74. The second-order valence-corrected chi connectivity index (χ2v) is 4.85. The molecule has 2 fully saturated rings. The van der Waals surface area contributed by atoms with Gasteiger partial charge in [-0.2, -0.15) is 0 Å². The van der Waals surface area contributed by atoms with Crippen molar-refractivity contribution < 1.29 is 0 Å². The number of hydrogen-bond donors (Lipinski definition) is 0. The standard InChI is InChI=1S/C11H21N/c1-9-7-12(8-10(9)2)11-5-3-4-6-11/h9-11H,3-8H2,1-2H3/t9-,10-/m1/s1. The van der Waals surface area contributed by atoms with Gasteiger partial charge in [0.2, 0.25) is 0 Å². The molecule has 0 spiro atoms. The smallest absolute Gasteiger partial charge is 0.00954 e. The average molecular weight is 167 g/mol. The maximum atomic E-state index is 2.74. The first-order valence-electron chi connectivity index (χ1n) is 5.51. The van der Waals surface area contributed by atoms with Crippen molar-refractivity contribution in [3.63, 3.8) is 0 Å². The van der Waals surface area contributed by atoms with E-state index >= 15 is 0 Å². The Balaban J connectivity index is 1.89. The van der Waals surface area contributed by atoms with Crippen LogP contribution in [0.1, 0.15) is 39.5 Å². The van der Waals surface area contributed by atoms with E-state index in [2.05, 4.69) is 18.7 Å². The van der Waals surface area contributed by atoms with Crippen LogP contribution in [0.5, 0.6) is 0 Å². The van der Waals surface area contributed by atoms with Gasteiger partial charge in [-0.05, 0) is 24.7 Å². The predicted molar refractivity (Wildman–Crippen MR) is 52.2 cm³/mol. The zero-order valence-electron chi connectivity index (χ0n) is 8.42. The van der Waals surface area contributed by atoms with E-state index in [0.29, 0.717) is 0 Å². The van der Waals surface area contributed by atoms with E-state index in [4.69, 9.17) is 0 Å². The van der Waals surface area contributed by atoms with Gasteiger partial charge in [0.25, 0.3) is 0 Å². The third kappa shape index (κ3) is 1.52. The first-order valence-corrected chi connectivity index (χ1v) is 5.51. The summed E-state index contributed by atoms with van der Waals surface area (Å²) in [6, 6.07) is 0.956. The van der Waals surface area contributed by atoms with Crippen molar-refractivity contribution in [2.45, 2.75) is 45.6 Å². The second kappa shape index (κ2) is 3.37. The Hall–Kier alpha value is -0.0400. The predicted octanol–water partition coefficient (Wildman–Crippen LogP) is 2.52. The van der Waals surface area contributed by atoms with Crippen LogP contribution in [0.25, 0.3) is 0 Å². The molecule has 2 atom stereocenters. The van der Waals surface area contributed by atoms with Crippen LogP contribution in [0.2, 0.25) is 0 Å². The minimum absolute atomic E-state index is 0.936. The molecular weight excluding hydrogens is 146 g/mol. The lowest BCUT2D eigenvalue weighted by atomic mass is 10.0. The zero-order valence-corrected chi connectivity index (χ0v) is 8.42. The zero-order chi connectivity index (χ0) is 8.55. The van der Waals surface area contributed by atoms with E-state index < -0.39 is 0 Å².